The van der Waals surface area contributed by atoms with Gasteiger partial charge in [0.15, 0.2) is 12.4 Å². The molecule has 0 spiro atoms. The number of methoxy groups -OCH3 is 2. The Labute approximate surface area is 134 Å². The summed E-state index contributed by atoms with van der Waals surface area (Å²) in [5, 5.41) is 0. The smallest absolute Gasteiger partial charge is 0.310 e. The van der Waals surface area contributed by atoms with Crippen molar-refractivity contribution in [3.8, 4) is 11.5 Å². The van der Waals surface area contributed by atoms with E-state index >= 15 is 0 Å². The minimum absolute atomic E-state index is 0.107. The Morgan fingerprint density at radius 2 is 1.61 bits per heavy atom. The highest BCUT2D eigenvalue weighted by Gasteiger charge is 2.11. The SMILES string of the molecule is COc1ccc(CC(=O)OCC(=O)c2cccc(OC)c2)cc1. The van der Waals surface area contributed by atoms with Gasteiger partial charge in [-0.1, -0.05) is 24.3 Å². The molecule has 5 heteroatoms. The molecule has 120 valence electrons. The molecule has 2 aromatic rings. The van der Waals surface area contributed by atoms with Crippen LogP contribution in [0.1, 0.15) is 15.9 Å². The van der Waals surface area contributed by atoms with Gasteiger partial charge in [-0.3, -0.25) is 9.59 Å². The van der Waals surface area contributed by atoms with E-state index in [1.165, 1.54) is 7.11 Å². The second-order valence-electron chi connectivity index (χ2n) is 4.84. The normalized spacial score (nSPS) is 10.0. The molecule has 0 N–H and O–H groups in total. The van der Waals surface area contributed by atoms with Crippen molar-refractivity contribution in [3.63, 3.8) is 0 Å². The van der Waals surface area contributed by atoms with Crippen molar-refractivity contribution in [2.45, 2.75) is 6.42 Å². The third-order valence-electron chi connectivity index (χ3n) is 3.26. The highest BCUT2D eigenvalue weighted by atomic mass is 16.5. The molecule has 0 aliphatic carbocycles. The lowest BCUT2D eigenvalue weighted by Crippen LogP contribution is -2.15. The third-order valence-corrected chi connectivity index (χ3v) is 3.26. The van der Waals surface area contributed by atoms with Crippen LogP contribution in [0.5, 0.6) is 11.5 Å². The zero-order chi connectivity index (χ0) is 16.7. The summed E-state index contributed by atoms with van der Waals surface area (Å²) < 4.78 is 15.1. The van der Waals surface area contributed by atoms with Crippen LogP contribution < -0.4 is 9.47 Å². The molecule has 0 radical (unpaired) electrons. The number of ketones is 1. The van der Waals surface area contributed by atoms with E-state index in [1.54, 1.807) is 55.6 Å². The standard InChI is InChI=1S/C18H18O5/c1-21-15-8-6-13(7-9-15)10-18(20)23-12-17(19)14-4-3-5-16(11-14)22-2/h3-9,11H,10,12H2,1-2H3. The van der Waals surface area contributed by atoms with Crippen LogP contribution in [0.3, 0.4) is 0 Å². The number of carbonyl (C=O) groups is 2. The van der Waals surface area contributed by atoms with E-state index < -0.39 is 5.97 Å². The summed E-state index contributed by atoms with van der Waals surface area (Å²) in [7, 11) is 3.10. The van der Waals surface area contributed by atoms with Gasteiger partial charge in [0.1, 0.15) is 11.5 Å². The molecule has 0 saturated heterocycles. The van der Waals surface area contributed by atoms with Gasteiger partial charge in [-0.25, -0.2) is 0 Å². The average molecular weight is 314 g/mol. The van der Waals surface area contributed by atoms with Crippen molar-refractivity contribution in [2.24, 2.45) is 0 Å². The number of benzene rings is 2. The molecule has 2 aromatic carbocycles. The maximum atomic E-state index is 12.0. The van der Waals surface area contributed by atoms with Crippen molar-refractivity contribution in [2.75, 3.05) is 20.8 Å². The molecule has 0 saturated carbocycles. The first-order valence-electron chi connectivity index (χ1n) is 7.08. The first-order chi connectivity index (χ1) is 11.1. The van der Waals surface area contributed by atoms with E-state index in [2.05, 4.69) is 0 Å². The fourth-order valence-electron chi connectivity index (χ4n) is 1.99. The highest BCUT2D eigenvalue weighted by molar-refractivity contribution is 5.98. The van der Waals surface area contributed by atoms with Crippen molar-refractivity contribution >= 4 is 11.8 Å². The molecule has 0 aliphatic rings. The van der Waals surface area contributed by atoms with Gasteiger partial charge < -0.3 is 14.2 Å². The first kappa shape index (κ1) is 16.5. The monoisotopic (exact) mass is 314 g/mol. The molecular weight excluding hydrogens is 296 g/mol. The summed E-state index contributed by atoms with van der Waals surface area (Å²) in [6, 6.07) is 13.8. The minimum atomic E-state index is -0.452. The minimum Gasteiger partial charge on any atom is -0.497 e. The molecule has 0 aromatic heterocycles. The predicted molar refractivity (Wildman–Crippen MR) is 85.0 cm³/mol. The van der Waals surface area contributed by atoms with Crippen LogP contribution >= 0.6 is 0 Å². The topological polar surface area (TPSA) is 61.8 Å². The van der Waals surface area contributed by atoms with Gasteiger partial charge in [0.2, 0.25) is 0 Å². The maximum Gasteiger partial charge on any atom is 0.310 e. The van der Waals surface area contributed by atoms with E-state index in [4.69, 9.17) is 14.2 Å². The highest BCUT2D eigenvalue weighted by Crippen LogP contribution is 2.14. The van der Waals surface area contributed by atoms with Gasteiger partial charge in [0.05, 0.1) is 20.6 Å². The summed E-state index contributed by atoms with van der Waals surface area (Å²) in [5.74, 6) is 0.578. The Kier molecular flexibility index (Phi) is 5.74. The molecule has 0 heterocycles. The number of hydrogen-bond acceptors (Lipinski definition) is 5. The zero-order valence-corrected chi connectivity index (χ0v) is 13.1. The van der Waals surface area contributed by atoms with Crippen LogP contribution in [0.2, 0.25) is 0 Å². The van der Waals surface area contributed by atoms with Crippen LogP contribution in [0, 0.1) is 0 Å². The molecule has 5 nitrogen and oxygen atoms in total. The van der Waals surface area contributed by atoms with E-state index in [-0.39, 0.29) is 18.8 Å². The van der Waals surface area contributed by atoms with E-state index in [9.17, 15) is 9.59 Å². The van der Waals surface area contributed by atoms with Gasteiger partial charge in [-0.2, -0.15) is 0 Å². The molecule has 0 amide bonds. The Morgan fingerprint density at radius 1 is 0.913 bits per heavy atom. The molecule has 0 bridgehead atoms. The Morgan fingerprint density at radius 3 is 2.26 bits per heavy atom. The number of hydrogen-bond donors (Lipinski definition) is 0. The number of ether oxygens (including phenoxy) is 3. The number of rotatable bonds is 7. The predicted octanol–water partition coefficient (Wildman–Crippen LogP) is 2.67. The summed E-state index contributed by atoms with van der Waals surface area (Å²) in [4.78, 5) is 23.8. The van der Waals surface area contributed by atoms with E-state index in [1.807, 2.05) is 0 Å². The molecular formula is C18H18O5. The summed E-state index contributed by atoms with van der Waals surface area (Å²) in [6.45, 7) is -0.290. The lowest BCUT2D eigenvalue weighted by atomic mass is 10.1. The fraction of sp³-hybridized carbons (Fsp3) is 0.222. The van der Waals surface area contributed by atoms with E-state index in [0.717, 1.165) is 11.3 Å². The number of Topliss-reactive ketones (excluding diaryl/α,β-unsaturated/α-hetero) is 1. The van der Waals surface area contributed by atoms with Crippen LogP contribution in [0.15, 0.2) is 48.5 Å². The summed E-state index contributed by atoms with van der Waals surface area (Å²) in [5.41, 5.74) is 1.24. The molecule has 0 aliphatic heterocycles. The van der Waals surface area contributed by atoms with Crippen molar-refractivity contribution in [1.82, 2.24) is 0 Å². The second kappa shape index (κ2) is 7.98. The van der Waals surface area contributed by atoms with Gasteiger partial charge in [-0.05, 0) is 29.8 Å². The lowest BCUT2D eigenvalue weighted by Gasteiger charge is -2.06. The van der Waals surface area contributed by atoms with Crippen LogP contribution in [-0.4, -0.2) is 32.6 Å². The Balaban J connectivity index is 1.86. The van der Waals surface area contributed by atoms with Gasteiger partial charge in [0, 0.05) is 5.56 Å². The quantitative estimate of drug-likeness (QED) is 0.581. The molecule has 23 heavy (non-hydrogen) atoms. The first-order valence-corrected chi connectivity index (χ1v) is 7.08. The summed E-state index contributed by atoms with van der Waals surface area (Å²) >= 11 is 0. The van der Waals surface area contributed by atoms with Crippen molar-refractivity contribution < 1.29 is 23.8 Å². The third kappa shape index (κ3) is 4.85. The second-order valence-corrected chi connectivity index (χ2v) is 4.84. The van der Waals surface area contributed by atoms with Crippen LogP contribution in [0.4, 0.5) is 0 Å². The van der Waals surface area contributed by atoms with Crippen molar-refractivity contribution in [3.05, 3.63) is 59.7 Å². The molecule has 2 rings (SSSR count). The average Bonchev–Trinajstić information content (AvgIpc) is 2.60. The molecule has 0 fully saturated rings. The lowest BCUT2D eigenvalue weighted by molar-refractivity contribution is -0.141. The van der Waals surface area contributed by atoms with Crippen LogP contribution in [-0.2, 0) is 16.0 Å². The molecule has 0 unspecified atom stereocenters. The van der Waals surface area contributed by atoms with Crippen molar-refractivity contribution in [1.29, 1.82) is 0 Å². The Hall–Kier alpha value is -2.82. The largest absolute Gasteiger partial charge is 0.497 e. The molecule has 0 atom stereocenters. The van der Waals surface area contributed by atoms with Gasteiger partial charge in [0.25, 0.3) is 0 Å². The van der Waals surface area contributed by atoms with E-state index in [0.29, 0.717) is 11.3 Å². The number of carbonyl (C=O) groups excluding carboxylic acids is 2. The number of esters is 1. The maximum absolute atomic E-state index is 12.0. The zero-order valence-electron chi connectivity index (χ0n) is 13.1. The Bertz CT molecular complexity index is 676. The van der Waals surface area contributed by atoms with Gasteiger partial charge in [-0.15, -0.1) is 0 Å². The summed E-state index contributed by atoms with van der Waals surface area (Å²) in [6.07, 6.45) is 0.107. The van der Waals surface area contributed by atoms with Gasteiger partial charge >= 0.3 is 5.97 Å². The fourth-order valence-corrected chi connectivity index (χ4v) is 1.99. The van der Waals surface area contributed by atoms with Crippen LogP contribution in [0.25, 0.3) is 0 Å².